The third-order valence-electron chi connectivity index (χ3n) is 4.52. The second kappa shape index (κ2) is 8.10. The molecule has 2 atom stereocenters. The Kier molecular flexibility index (Phi) is 6.01. The van der Waals surface area contributed by atoms with Gasteiger partial charge in [-0.1, -0.05) is 30.8 Å². The number of thioether (sulfide) groups is 2. The highest BCUT2D eigenvalue weighted by atomic mass is 32.2. The van der Waals surface area contributed by atoms with E-state index in [-0.39, 0.29) is 17.3 Å². The summed E-state index contributed by atoms with van der Waals surface area (Å²) < 4.78 is 5.48. The molecule has 0 unspecified atom stereocenters. The molecule has 7 heteroatoms. The maximum Gasteiger partial charge on any atom is 0.338 e. The first-order chi connectivity index (χ1) is 12.9. The number of amidine groups is 1. The Morgan fingerprint density at radius 2 is 2.00 bits per heavy atom. The third-order valence-corrected chi connectivity index (χ3v) is 6.58. The lowest BCUT2D eigenvalue weighted by molar-refractivity contribution is -0.143. The molecule has 3 rings (SSSR count). The highest BCUT2D eigenvalue weighted by Crippen LogP contribution is 2.44. The fourth-order valence-corrected chi connectivity index (χ4v) is 4.77. The average Bonchev–Trinajstić information content (AvgIpc) is 2.95. The summed E-state index contributed by atoms with van der Waals surface area (Å²) in [6, 6.07) is 7.48. The summed E-state index contributed by atoms with van der Waals surface area (Å²) in [5.74, 6) is -0.412. The smallest absolute Gasteiger partial charge is 0.338 e. The quantitative estimate of drug-likeness (QED) is 0.538. The van der Waals surface area contributed by atoms with E-state index in [9.17, 15) is 9.59 Å². The minimum Gasteiger partial charge on any atom is -0.459 e. The Morgan fingerprint density at radius 3 is 2.56 bits per heavy atom. The van der Waals surface area contributed by atoms with Gasteiger partial charge in [-0.3, -0.25) is 9.69 Å². The zero-order valence-corrected chi connectivity index (χ0v) is 17.8. The summed E-state index contributed by atoms with van der Waals surface area (Å²) in [5, 5.41) is 0.509. The Hall–Kier alpha value is -1.73. The molecule has 1 amide bonds. The molecule has 1 aromatic rings. The molecule has 2 aliphatic rings. The van der Waals surface area contributed by atoms with Crippen molar-refractivity contribution in [2.45, 2.75) is 56.4 Å². The standard InChI is InChI=1S/C20H24N2O3S2/c1-6-15-18(23)22-17(13-7-9-14(26-5)10-8-13)16(19(24)25-11(2)3)12(4)21-20(22)27-15/h7-11,15,17H,6H2,1-5H3/t15-,17-/m0/s1. The van der Waals surface area contributed by atoms with Crippen LogP contribution in [0.15, 0.2) is 45.4 Å². The molecule has 144 valence electrons. The summed E-state index contributed by atoms with van der Waals surface area (Å²) in [5.41, 5.74) is 1.94. The van der Waals surface area contributed by atoms with Gasteiger partial charge in [-0.25, -0.2) is 9.79 Å². The number of aliphatic imine (C=N–C) groups is 1. The molecule has 5 nitrogen and oxygen atoms in total. The molecule has 1 fully saturated rings. The number of hydrogen-bond acceptors (Lipinski definition) is 6. The normalized spacial score (nSPS) is 22.2. The van der Waals surface area contributed by atoms with E-state index in [0.29, 0.717) is 16.4 Å². The van der Waals surface area contributed by atoms with Crippen LogP contribution in [0.4, 0.5) is 0 Å². The number of amides is 1. The zero-order valence-electron chi connectivity index (χ0n) is 16.2. The van der Waals surface area contributed by atoms with E-state index in [1.54, 1.807) is 16.7 Å². The highest BCUT2D eigenvalue weighted by molar-refractivity contribution is 8.15. The number of nitrogens with zero attached hydrogens (tertiary/aromatic N) is 2. The summed E-state index contributed by atoms with van der Waals surface area (Å²) in [7, 11) is 0. The lowest BCUT2D eigenvalue weighted by atomic mass is 9.94. The minimum absolute atomic E-state index is 0.00235. The predicted octanol–water partition coefficient (Wildman–Crippen LogP) is 4.40. The maximum atomic E-state index is 13.0. The van der Waals surface area contributed by atoms with Gasteiger partial charge in [0.2, 0.25) is 5.91 Å². The van der Waals surface area contributed by atoms with Gasteiger partial charge in [0.05, 0.1) is 28.7 Å². The largest absolute Gasteiger partial charge is 0.459 e. The Labute approximate surface area is 168 Å². The monoisotopic (exact) mass is 404 g/mol. The maximum absolute atomic E-state index is 13.0. The minimum atomic E-state index is -0.504. The van der Waals surface area contributed by atoms with Gasteiger partial charge in [0, 0.05) is 4.90 Å². The van der Waals surface area contributed by atoms with Crippen LogP contribution in [0.2, 0.25) is 0 Å². The van der Waals surface area contributed by atoms with Gasteiger partial charge in [0.15, 0.2) is 5.17 Å². The lowest BCUT2D eigenvalue weighted by Gasteiger charge is -2.33. The van der Waals surface area contributed by atoms with Crippen LogP contribution in [0.3, 0.4) is 0 Å². The number of carbonyl (C=O) groups is 2. The SMILES string of the molecule is CC[C@@H]1SC2=NC(C)=C(C(=O)OC(C)C)[C@H](c3ccc(SC)cc3)N2C1=O. The Morgan fingerprint density at radius 1 is 1.33 bits per heavy atom. The van der Waals surface area contributed by atoms with E-state index < -0.39 is 12.0 Å². The second-order valence-corrected chi connectivity index (χ2v) is 8.80. The summed E-state index contributed by atoms with van der Waals surface area (Å²) in [6.07, 6.45) is 2.50. The first kappa shape index (κ1) is 20.0. The number of allylic oxidation sites excluding steroid dienone is 1. The molecule has 0 aliphatic carbocycles. The van der Waals surface area contributed by atoms with E-state index in [1.165, 1.54) is 11.8 Å². The van der Waals surface area contributed by atoms with Crippen LogP contribution in [-0.2, 0) is 14.3 Å². The van der Waals surface area contributed by atoms with Crippen molar-refractivity contribution in [1.29, 1.82) is 0 Å². The van der Waals surface area contributed by atoms with Gasteiger partial charge in [0.25, 0.3) is 0 Å². The first-order valence-corrected chi connectivity index (χ1v) is 11.1. The molecule has 2 heterocycles. The number of carbonyl (C=O) groups excluding carboxylic acids is 2. The number of rotatable bonds is 5. The molecule has 27 heavy (non-hydrogen) atoms. The van der Waals surface area contributed by atoms with Crippen LogP contribution in [-0.4, -0.2) is 39.6 Å². The van der Waals surface area contributed by atoms with E-state index in [4.69, 9.17) is 4.74 Å². The molecule has 0 aromatic heterocycles. The van der Waals surface area contributed by atoms with Gasteiger partial charge in [-0.2, -0.15) is 0 Å². The molecule has 0 N–H and O–H groups in total. The predicted molar refractivity (Wildman–Crippen MR) is 111 cm³/mol. The van der Waals surface area contributed by atoms with E-state index in [2.05, 4.69) is 4.99 Å². The molecule has 0 radical (unpaired) electrons. The molecule has 2 aliphatic heterocycles. The molecule has 0 bridgehead atoms. The third kappa shape index (κ3) is 3.80. The van der Waals surface area contributed by atoms with Crippen LogP contribution in [0.5, 0.6) is 0 Å². The molecule has 0 spiro atoms. The van der Waals surface area contributed by atoms with Crippen molar-refractivity contribution in [2.24, 2.45) is 4.99 Å². The summed E-state index contributed by atoms with van der Waals surface area (Å²) >= 11 is 3.13. The summed E-state index contributed by atoms with van der Waals surface area (Å²) in [6.45, 7) is 7.44. The second-order valence-electron chi connectivity index (χ2n) is 6.75. The Bertz CT molecular complexity index is 815. The van der Waals surface area contributed by atoms with Gasteiger partial charge in [-0.15, -0.1) is 11.8 Å². The van der Waals surface area contributed by atoms with Crippen LogP contribution >= 0.6 is 23.5 Å². The summed E-state index contributed by atoms with van der Waals surface area (Å²) in [4.78, 5) is 33.3. The van der Waals surface area contributed by atoms with Crippen molar-refractivity contribution in [1.82, 2.24) is 4.90 Å². The van der Waals surface area contributed by atoms with Crippen LogP contribution < -0.4 is 0 Å². The topological polar surface area (TPSA) is 59.0 Å². The Balaban J connectivity index is 2.10. The van der Waals surface area contributed by atoms with Crippen molar-refractivity contribution in [3.8, 4) is 0 Å². The average molecular weight is 405 g/mol. The van der Waals surface area contributed by atoms with Crippen molar-refractivity contribution in [3.05, 3.63) is 41.1 Å². The van der Waals surface area contributed by atoms with E-state index in [0.717, 1.165) is 16.9 Å². The van der Waals surface area contributed by atoms with Gasteiger partial charge in [0.1, 0.15) is 0 Å². The van der Waals surface area contributed by atoms with Gasteiger partial charge < -0.3 is 4.74 Å². The molecule has 0 saturated carbocycles. The number of hydrogen-bond donors (Lipinski definition) is 0. The van der Waals surface area contributed by atoms with Crippen molar-refractivity contribution in [3.63, 3.8) is 0 Å². The number of esters is 1. The number of benzene rings is 1. The van der Waals surface area contributed by atoms with E-state index >= 15 is 0 Å². The van der Waals surface area contributed by atoms with Crippen molar-refractivity contribution >= 4 is 40.6 Å². The fraction of sp³-hybridized carbons (Fsp3) is 0.450. The number of fused-ring (bicyclic) bond motifs is 1. The lowest BCUT2D eigenvalue weighted by Crippen LogP contribution is -2.41. The van der Waals surface area contributed by atoms with Gasteiger partial charge in [-0.05, 0) is 51.1 Å². The van der Waals surface area contributed by atoms with E-state index in [1.807, 2.05) is 58.2 Å². The molecule has 1 aromatic carbocycles. The van der Waals surface area contributed by atoms with Crippen LogP contribution in [0.25, 0.3) is 0 Å². The van der Waals surface area contributed by atoms with Gasteiger partial charge >= 0.3 is 5.97 Å². The zero-order chi connectivity index (χ0) is 19.7. The first-order valence-electron chi connectivity index (χ1n) is 9.01. The molecular weight excluding hydrogens is 380 g/mol. The molecule has 1 saturated heterocycles. The van der Waals surface area contributed by atoms with Crippen molar-refractivity contribution in [2.75, 3.05) is 6.26 Å². The number of ether oxygens (including phenoxy) is 1. The fourth-order valence-electron chi connectivity index (χ4n) is 3.23. The van der Waals surface area contributed by atoms with Crippen LogP contribution in [0, 0.1) is 0 Å². The van der Waals surface area contributed by atoms with Crippen molar-refractivity contribution < 1.29 is 14.3 Å². The molecular formula is C20H24N2O3S2. The highest BCUT2D eigenvalue weighted by Gasteiger charge is 2.47. The van der Waals surface area contributed by atoms with Crippen LogP contribution in [0.1, 0.15) is 45.7 Å².